The summed E-state index contributed by atoms with van der Waals surface area (Å²) < 4.78 is 0. The van der Waals surface area contributed by atoms with Gasteiger partial charge in [-0.05, 0) is 62.6 Å². The lowest BCUT2D eigenvalue weighted by molar-refractivity contribution is 0.194. The SMILES string of the molecule is CCN(CC)c1ccc(N2CCN(C(=O)NCc3ccccc3C)CC2)c(C)c1. The van der Waals surface area contributed by atoms with Crippen molar-refractivity contribution in [3.8, 4) is 0 Å². The molecular formula is C24H34N4O. The van der Waals surface area contributed by atoms with Crippen LogP contribution < -0.4 is 15.1 Å². The number of anilines is 2. The molecule has 0 aliphatic carbocycles. The van der Waals surface area contributed by atoms with Crippen molar-refractivity contribution in [1.29, 1.82) is 0 Å². The van der Waals surface area contributed by atoms with Gasteiger partial charge in [-0.3, -0.25) is 0 Å². The van der Waals surface area contributed by atoms with Gasteiger partial charge in [0.2, 0.25) is 0 Å². The normalized spacial score (nSPS) is 14.1. The highest BCUT2D eigenvalue weighted by molar-refractivity contribution is 5.74. The third-order valence-electron chi connectivity index (χ3n) is 5.91. The molecule has 0 unspecified atom stereocenters. The summed E-state index contributed by atoms with van der Waals surface area (Å²) in [5, 5.41) is 3.07. The summed E-state index contributed by atoms with van der Waals surface area (Å²) in [6.45, 7) is 14.5. The molecule has 0 atom stereocenters. The summed E-state index contributed by atoms with van der Waals surface area (Å²) in [4.78, 5) is 19.3. The van der Waals surface area contributed by atoms with Gasteiger partial charge in [-0.15, -0.1) is 0 Å². The molecule has 0 aromatic heterocycles. The Kier molecular flexibility index (Phi) is 7.02. The minimum atomic E-state index is 0.0292. The van der Waals surface area contributed by atoms with Gasteiger partial charge in [0.05, 0.1) is 0 Å². The maximum atomic E-state index is 12.6. The Morgan fingerprint density at radius 2 is 1.66 bits per heavy atom. The number of rotatable bonds is 6. The van der Waals surface area contributed by atoms with Gasteiger partial charge in [0.25, 0.3) is 0 Å². The molecule has 2 aromatic carbocycles. The largest absolute Gasteiger partial charge is 0.372 e. The van der Waals surface area contributed by atoms with Crippen LogP contribution in [-0.4, -0.2) is 50.2 Å². The highest BCUT2D eigenvalue weighted by atomic mass is 16.2. The van der Waals surface area contributed by atoms with Gasteiger partial charge in [-0.25, -0.2) is 4.79 Å². The van der Waals surface area contributed by atoms with E-state index in [1.54, 1.807) is 0 Å². The van der Waals surface area contributed by atoms with Crippen molar-refractivity contribution in [1.82, 2.24) is 10.2 Å². The van der Waals surface area contributed by atoms with E-state index in [0.717, 1.165) is 39.3 Å². The molecule has 1 aliphatic heterocycles. The predicted octanol–water partition coefficient (Wildman–Crippen LogP) is 4.18. The maximum Gasteiger partial charge on any atom is 0.317 e. The van der Waals surface area contributed by atoms with Crippen LogP contribution in [0.15, 0.2) is 42.5 Å². The van der Waals surface area contributed by atoms with Crippen LogP contribution >= 0.6 is 0 Å². The Morgan fingerprint density at radius 3 is 2.28 bits per heavy atom. The van der Waals surface area contributed by atoms with E-state index < -0.39 is 0 Å². The van der Waals surface area contributed by atoms with E-state index in [9.17, 15) is 4.79 Å². The molecule has 2 aromatic rings. The van der Waals surface area contributed by atoms with Gasteiger partial charge < -0.3 is 20.0 Å². The first-order valence-corrected chi connectivity index (χ1v) is 10.7. The summed E-state index contributed by atoms with van der Waals surface area (Å²) in [5.41, 5.74) is 6.24. The smallest absolute Gasteiger partial charge is 0.317 e. The molecule has 1 saturated heterocycles. The lowest BCUT2D eigenvalue weighted by Gasteiger charge is -2.37. The van der Waals surface area contributed by atoms with Crippen molar-refractivity contribution in [3.05, 3.63) is 59.2 Å². The summed E-state index contributed by atoms with van der Waals surface area (Å²) in [7, 11) is 0. The van der Waals surface area contributed by atoms with Gasteiger partial charge >= 0.3 is 6.03 Å². The maximum absolute atomic E-state index is 12.6. The van der Waals surface area contributed by atoms with Crippen molar-refractivity contribution >= 4 is 17.4 Å². The van der Waals surface area contributed by atoms with Crippen molar-refractivity contribution in [2.45, 2.75) is 34.2 Å². The molecule has 0 radical (unpaired) electrons. The molecule has 0 bridgehead atoms. The summed E-state index contributed by atoms with van der Waals surface area (Å²) >= 11 is 0. The number of amides is 2. The van der Waals surface area contributed by atoms with Crippen LogP contribution in [0.3, 0.4) is 0 Å². The van der Waals surface area contributed by atoms with Gasteiger partial charge in [0.15, 0.2) is 0 Å². The van der Waals surface area contributed by atoms with Crippen LogP contribution in [0.5, 0.6) is 0 Å². The molecule has 0 saturated carbocycles. The van der Waals surface area contributed by atoms with Gasteiger partial charge in [0, 0.05) is 57.2 Å². The number of hydrogen-bond donors (Lipinski definition) is 1. The van der Waals surface area contributed by atoms with E-state index in [2.05, 4.69) is 73.1 Å². The second-order valence-electron chi connectivity index (χ2n) is 7.70. The highest BCUT2D eigenvalue weighted by Gasteiger charge is 2.22. The van der Waals surface area contributed by atoms with Gasteiger partial charge in [-0.1, -0.05) is 24.3 Å². The second kappa shape index (κ2) is 9.68. The molecule has 1 fully saturated rings. The molecular weight excluding hydrogens is 360 g/mol. The van der Waals surface area contributed by atoms with E-state index in [1.807, 2.05) is 17.0 Å². The number of carbonyl (C=O) groups excluding carboxylic acids is 1. The van der Waals surface area contributed by atoms with Crippen LogP contribution in [-0.2, 0) is 6.54 Å². The van der Waals surface area contributed by atoms with E-state index >= 15 is 0 Å². The minimum absolute atomic E-state index is 0.0292. The first kappa shape index (κ1) is 21.0. The molecule has 5 heteroatoms. The molecule has 5 nitrogen and oxygen atoms in total. The number of nitrogens with one attached hydrogen (secondary N) is 1. The Bertz CT molecular complexity index is 823. The molecule has 29 heavy (non-hydrogen) atoms. The van der Waals surface area contributed by atoms with Crippen LogP contribution in [0.4, 0.5) is 16.2 Å². The van der Waals surface area contributed by atoms with Crippen LogP contribution in [0.25, 0.3) is 0 Å². The van der Waals surface area contributed by atoms with Crippen LogP contribution in [0.1, 0.15) is 30.5 Å². The Balaban J connectivity index is 1.55. The average molecular weight is 395 g/mol. The number of piperazine rings is 1. The minimum Gasteiger partial charge on any atom is -0.372 e. The third-order valence-corrected chi connectivity index (χ3v) is 5.91. The topological polar surface area (TPSA) is 38.8 Å². The third kappa shape index (κ3) is 5.03. The fraction of sp³-hybridized carbons (Fsp3) is 0.458. The number of urea groups is 1. The van der Waals surface area contributed by atoms with Crippen molar-refractivity contribution in [3.63, 3.8) is 0 Å². The Labute approximate surface area is 175 Å². The zero-order valence-corrected chi connectivity index (χ0v) is 18.2. The molecule has 1 N–H and O–H groups in total. The highest BCUT2D eigenvalue weighted by Crippen LogP contribution is 2.26. The zero-order chi connectivity index (χ0) is 20.8. The molecule has 1 aliphatic rings. The molecule has 3 rings (SSSR count). The molecule has 0 spiro atoms. The second-order valence-corrected chi connectivity index (χ2v) is 7.70. The number of nitrogens with zero attached hydrogens (tertiary/aromatic N) is 3. The lowest BCUT2D eigenvalue weighted by atomic mass is 10.1. The quantitative estimate of drug-likeness (QED) is 0.799. The first-order chi connectivity index (χ1) is 14.0. The zero-order valence-electron chi connectivity index (χ0n) is 18.2. The van der Waals surface area contributed by atoms with Crippen molar-refractivity contribution in [2.24, 2.45) is 0 Å². The monoisotopic (exact) mass is 394 g/mol. The fourth-order valence-corrected chi connectivity index (χ4v) is 4.02. The number of hydrogen-bond acceptors (Lipinski definition) is 3. The van der Waals surface area contributed by atoms with Crippen LogP contribution in [0.2, 0.25) is 0 Å². The van der Waals surface area contributed by atoms with Crippen molar-refractivity contribution in [2.75, 3.05) is 49.1 Å². The Hall–Kier alpha value is -2.69. The standard InChI is InChI=1S/C24H34N4O/c1-5-26(6-2)22-11-12-23(20(4)17-22)27-13-15-28(16-14-27)24(29)25-18-21-10-8-7-9-19(21)3/h7-12,17H,5-6,13-16,18H2,1-4H3,(H,25,29). The van der Waals surface area contributed by atoms with E-state index in [-0.39, 0.29) is 6.03 Å². The Morgan fingerprint density at radius 1 is 0.966 bits per heavy atom. The fourth-order valence-electron chi connectivity index (χ4n) is 4.02. The first-order valence-electron chi connectivity index (χ1n) is 10.7. The van der Waals surface area contributed by atoms with Gasteiger partial charge in [-0.2, -0.15) is 0 Å². The van der Waals surface area contributed by atoms with Crippen molar-refractivity contribution < 1.29 is 4.79 Å². The van der Waals surface area contributed by atoms with Crippen LogP contribution in [0, 0.1) is 13.8 Å². The summed E-state index contributed by atoms with van der Waals surface area (Å²) in [6, 6.07) is 14.9. The van der Waals surface area contributed by atoms with E-state index in [0.29, 0.717) is 6.54 Å². The average Bonchev–Trinajstić information content (AvgIpc) is 2.74. The molecule has 1 heterocycles. The summed E-state index contributed by atoms with van der Waals surface area (Å²) in [6.07, 6.45) is 0. The number of benzene rings is 2. The van der Waals surface area contributed by atoms with Gasteiger partial charge in [0.1, 0.15) is 0 Å². The number of aryl methyl sites for hydroxylation is 2. The lowest BCUT2D eigenvalue weighted by Crippen LogP contribution is -2.51. The van der Waals surface area contributed by atoms with E-state index in [1.165, 1.54) is 28.1 Å². The molecule has 2 amide bonds. The summed E-state index contributed by atoms with van der Waals surface area (Å²) in [5.74, 6) is 0. The van der Waals surface area contributed by atoms with E-state index in [4.69, 9.17) is 0 Å². The predicted molar refractivity (Wildman–Crippen MR) is 122 cm³/mol. The number of carbonyl (C=O) groups is 1. The molecule has 156 valence electrons.